The van der Waals surface area contributed by atoms with Gasteiger partial charge in [-0.25, -0.2) is 13.2 Å². The molecular formula is C13H18ClF3N2. The zero-order valence-electron chi connectivity index (χ0n) is 10.7. The van der Waals surface area contributed by atoms with Crippen molar-refractivity contribution >= 4 is 12.4 Å². The third-order valence-electron chi connectivity index (χ3n) is 3.54. The van der Waals surface area contributed by atoms with Crippen LogP contribution in [0.4, 0.5) is 13.2 Å². The molecule has 1 aromatic rings. The Labute approximate surface area is 117 Å². The summed E-state index contributed by atoms with van der Waals surface area (Å²) in [6.07, 6.45) is 0.840. The molecule has 19 heavy (non-hydrogen) atoms. The van der Waals surface area contributed by atoms with Gasteiger partial charge < -0.3 is 5.73 Å². The Hall–Kier alpha value is -0.780. The van der Waals surface area contributed by atoms with Gasteiger partial charge in [-0.2, -0.15) is 0 Å². The first kappa shape index (κ1) is 16.3. The van der Waals surface area contributed by atoms with Crippen molar-refractivity contribution in [3.05, 3.63) is 35.1 Å². The molecule has 0 bridgehead atoms. The zero-order valence-corrected chi connectivity index (χ0v) is 11.5. The number of benzene rings is 1. The number of hydrogen-bond acceptors (Lipinski definition) is 2. The van der Waals surface area contributed by atoms with Crippen LogP contribution in [-0.4, -0.2) is 24.0 Å². The average Bonchev–Trinajstić information content (AvgIpc) is 2.31. The van der Waals surface area contributed by atoms with E-state index in [4.69, 9.17) is 5.73 Å². The highest BCUT2D eigenvalue weighted by Gasteiger charge is 2.24. The summed E-state index contributed by atoms with van der Waals surface area (Å²) < 4.78 is 39.4. The molecule has 0 aromatic heterocycles. The highest BCUT2D eigenvalue weighted by molar-refractivity contribution is 5.85. The average molecular weight is 295 g/mol. The van der Waals surface area contributed by atoms with Crippen molar-refractivity contribution in [1.29, 1.82) is 0 Å². The molecule has 0 radical (unpaired) electrons. The molecule has 6 heteroatoms. The Bertz CT molecular complexity index is 442. The number of likely N-dealkylation sites (tertiary alicyclic amines) is 1. The van der Waals surface area contributed by atoms with E-state index in [1.165, 1.54) is 0 Å². The lowest BCUT2D eigenvalue weighted by atomic mass is 9.94. The lowest BCUT2D eigenvalue weighted by Crippen LogP contribution is -2.45. The van der Waals surface area contributed by atoms with Crippen LogP contribution in [0.5, 0.6) is 0 Å². The standard InChI is InChI=1S/C13H17F3N2.ClH/c1-8-6-18(3-2-13(8)17)7-9-4-11(15)12(16)5-10(9)14;/h4-5,8,13H,2-3,6-7,17H2,1H3;1H. The van der Waals surface area contributed by atoms with E-state index < -0.39 is 17.5 Å². The fourth-order valence-electron chi connectivity index (χ4n) is 2.32. The predicted octanol–water partition coefficient (Wildman–Crippen LogP) is 2.69. The van der Waals surface area contributed by atoms with Crippen LogP contribution in [0.3, 0.4) is 0 Å². The van der Waals surface area contributed by atoms with Gasteiger partial charge in [0, 0.05) is 30.8 Å². The summed E-state index contributed by atoms with van der Waals surface area (Å²) in [4.78, 5) is 2.02. The van der Waals surface area contributed by atoms with E-state index in [0.29, 0.717) is 18.5 Å². The summed E-state index contributed by atoms with van der Waals surface area (Å²) in [5.74, 6) is -2.53. The molecule has 2 unspecified atom stereocenters. The summed E-state index contributed by atoms with van der Waals surface area (Å²) in [5.41, 5.74) is 6.09. The van der Waals surface area contributed by atoms with Crippen LogP contribution in [0.2, 0.25) is 0 Å². The SMILES string of the molecule is CC1CN(Cc2cc(F)c(F)cc2F)CCC1N.Cl. The molecule has 1 heterocycles. The quantitative estimate of drug-likeness (QED) is 0.850. The molecule has 1 saturated heterocycles. The molecule has 2 rings (SSSR count). The maximum atomic E-state index is 13.5. The van der Waals surface area contributed by atoms with Crippen LogP contribution in [0.15, 0.2) is 12.1 Å². The van der Waals surface area contributed by atoms with Gasteiger partial charge in [0.25, 0.3) is 0 Å². The van der Waals surface area contributed by atoms with E-state index in [1.807, 2.05) is 11.8 Å². The van der Waals surface area contributed by atoms with Gasteiger partial charge in [0.1, 0.15) is 5.82 Å². The second-order valence-electron chi connectivity index (χ2n) is 5.02. The zero-order chi connectivity index (χ0) is 13.3. The summed E-state index contributed by atoms with van der Waals surface area (Å²) in [5, 5.41) is 0. The van der Waals surface area contributed by atoms with Crippen LogP contribution < -0.4 is 5.73 Å². The molecule has 2 N–H and O–H groups in total. The molecule has 2 atom stereocenters. The molecule has 0 amide bonds. The second-order valence-corrected chi connectivity index (χ2v) is 5.02. The largest absolute Gasteiger partial charge is 0.327 e. The monoisotopic (exact) mass is 294 g/mol. The molecule has 2 nitrogen and oxygen atoms in total. The van der Waals surface area contributed by atoms with E-state index in [1.54, 1.807) is 0 Å². The lowest BCUT2D eigenvalue weighted by Gasteiger charge is -2.35. The van der Waals surface area contributed by atoms with Crippen molar-refractivity contribution in [3.8, 4) is 0 Å². The van der Waals surface area contributed by atoms with Gasteiger partial charge in [-0.05, 0) is 24.9 Å². The Morgan fingerprint density at radius 1 is 1.21 bits per heavy atom. The van der Waals surface area contributed by atoms with Crippen molar-refractivity contribution in [1.82, 2.24) is 4.90 Å². The third kappa shape index (κ3) is 3.84. The molecule has 0 spiro atoms. The van der Waals surface area contributed by atoms with Crippen LogP contribution in [0.1, 0.15) is 18.9 Å². The summed E-state index contributed by atoms with van der Waals surface area (Å²) >= 11 is 0. The maximum Gasteiger partial charge on any atom is 0.161 e. The number of hydrogen-bond donors (Lipinski definition) is 1. The van der Waals surface area contributed by atoms with Crippen molar-refractivity contribution < 1.29 is 13.2 Å². The van der Waals surface area contributed by atoms with Gasteiger partial charge in [0.05, 0.1) is 0 Å². The van der Waals surface area contributed by atoms with Gasteiger partial charge in [-0.15, -0.1) is 12.4 Å². The van der Waals surface area contributed by atoms with E-state index in [0.717, 1.165) is 25.6 Å². The number of piperidine rings is 1. The Morgan fingerprint density at radius 2 is 1.84 bits per heavy atom. The first-order valence-corrected chi connectivity index (χ1v) is 6.08. The highest BCUT2D eigenvalue weighted by atomic mass is 35.5. The normalized spacial score (nSPS) is 24.1. The molecule has 1 aliphatic heterocycles. The minimum atomic E-state index is -1.15. The molecule has 0 saturated carbocycles. The number of nitrogens with zero attached hydrogens (tertiary/aromatic N) is 1. The molecule has 108 valence electrons. The smallest absolute Gasteiger partial charge is 0.161 e. The van der Waals surface area contributed by atoms with Gasteiger partial charge in [-0.3, -0.25) is 4.90 Å². The molecular weight excluding hydrogens is 277 g/mol. The van der Waals surface area contributed by atoms with Gasteiger partial charge in [0.15, 0.2) is 11.6 Å². The van der Waals surface area contributed by atoms with Crippen molar-refractivity contribution in [2.24, 2.45) is 11.7 Å². The van der Waals surface area contributed by atoms with E-state index >= 15 is 0 Å². The Morgan fingerprint density at radius 3 is 2.47 bits per heavy atom. The topological polar surface area (TPSA) is 29.3 Å². The minimum absolute atomic E-state index is 0. The summed E-state index contributed by atoms with van der Waals surface area (Å²) in [6, 6.07) is 1.70. The Balaban J connectivity index is 0.00000180. The minimum Gasteiger partial charge on any atom is -0.327 e. The molecule has 1 aromatic carbocycles. The second kappa shape index (κ2) is 6.59. The molecule has 0 aliphatic carbocycles. The van der Waals surface area contributed by atoms with Gasteiger partial charge >= 0.3 is 0 Å². The van der Waals surface area contributed by atoms with Gasteiger partial charge in [0.2, 0.25) is 0 Å². The van der Waals surface area contributed by atoms with Crippen LogP contribution >= 0.6 is 12.4 Å². The highest BCUT2D eigenvalue weighted by Crippen LogP contribution is 2.20. The molecule has 1 fully saturated rings. The van der Waals surface area contributed by atoms with Crippen LogP contribution in [0.25, 0.3) is 0 Å². The first-order valence-electron chi connectivity index (χ1n) is 6.08. The number of halogens is 4. The summed E-state index contributed by atoms with van der Waals surface area (Å²) in [6.45, 7) is 3.84. The lowest BCUT2D eigenvalue weighted by molar-refractivity contribution is 0.156. The van der Waals surface area contributed by atoms with Crippen molar-refractivity contribution in [2.75, 3.05) is 13.1 Å². The first-order chi connectivity index (χ1) is 8.47. The predicted molar refractivity (Wildman–Crippen MR) is 70.6 cm³/mol. The van der Waals surface area contributed by atoms with Crippen molar-refractivity contribution in [3.63, 3.8) is 0 Å². The number of rotatable bonds is 2. The fraction of sp³-hybridized carbons (Fsp3) is 0.538. The van der Waals surface area contributed by atoms with Crippen LogP contribution in [-0.2, 0) is 6.54 Å². The van der Waals surface area contributed by atoms with E-state index in [9.17, 15) is 13.2 Å². The van der Waals surface area contributed by atoms with Crippen molar-refractivity contribution in [2.45, 2.75) is 25.9 Å². The maximum absolute atomic E-state index is 13.5. The number of nitrogens with two attached hydrogens (primary N) is 1. The molecule has 1 aliphatic rings. The van der Waals surface area contributed by atoms with E-state index in [-0.39, 0.29) is 24.0 Å². The Kier molecular flexibility index (Phi) is 5.64. The fourth-order valence-corrected chi connectivity index (χ4v) is 2.32. The summed E-state index contributed by atoms with van der Waals surface area (Å²) in [7, 11) is 0. The van der Waals surface area contributed by atoms with Crippen LogP contribution in [0, 0.1) is 23.4 Å². The third-order valence-corrected chi connectivity index (χ3v) is 3.54. The van der Waals surface area contributed by atoms with E-state index in [2.05, 4.69) is 0 Å². The van der Waals surface area contributed by atoms with Gasteiger partial charge in [-0.1, -0.05) is 6.92 Å².